The van der Waals surface area contributed by atoms with Crippen molar-refractivity contribution in [1.82, 2.24) is 10.3 Å². The Balaban J connectivity index is 2.09. The molecule has 1 N–H and O–H groups in total. The molecule has 1 saturated heterocycles. The van der Waals surface area contributed by atoms with Gasteiger partial charge in [0.25, 0.3) is 0 Å². The van der Waals surface area contributed by atoms with E-state index in [9.17, 15) is 0 Å². The standard InChI is InChI=1S/C15H25N3O/c1-4-6-16-8-14-9-17-7-5-15(14)18-10-12(2)19-13(3)11-18/h5,7,9,12-13,16H,4,6,8,10-11H2,1-3H3. The van der Waals surface area contributed by atoms with Crippen molar-refractivity contribution in [2.75, 3.05) is 24.5 Å². The first-order valence-electron chi connectivity index (χ1n) is 7.24. The lowest BCUT2D eigenvalue weighted by molar-refractivity contribution is -0.00527. The predicted molar refractivity (Wildman–Crippen MR) is 78.5 cm³/mol. The maximum Gasteiger partial charge on any atom is 0.0726 e. The molecule has 1 aliphatic heterocycles. The molecule has 2 heterocycles. The number of hydrogen-bond acceptors (Lipinski definition) is 4. The van der Waals surface area contributed by atoms with E-state index >= 15 is 0 Å². The smallest absolute Gasteiger partial charge is 0.0726 e. The average Bonchev–Trinajstić information content (AvgIpc) is 2.38. The van der Waals surface area contributed by atoms with Crippen molar-refractivity contribution >= 4 is 5.69 Å². The lowest BCUT2D eigenvalue weighted by atomic mass is 10.1. The van der Waals surface area contributed by atoms with E-state index in [0.717, 1.165) is 32.6 Å². The third kappa shape index (κ3) is 3.91. The molecule has 4 heteroatoms. The highest BCUT2D eigenvalue weighted by Gasteiger charge is 2.23. The minimum Gasteiger partial charge on any atom is -0.372 e. The summed E-state index contributed by atoms with van der Waals surface area (Å²) >= 11 is 0. The second kappa shape index (κ2) is 6.87. The highest BCUT2D eigenvalue weighted by atomic mass is 16.5. The van der Waals surface area contributed by atoms with Gasteiger partial charge in [0, 0.05) is 43.3 Å². The molecule has 1 aliphatic rings. The number of pyridine rings is 1. The largest absolute Gasteiger partial charge is 0.372 e. The number of nitrogens with one attached hydrogen (secondary N) is 1. The topological polar surface area (TPSA) is 37.4 Å². The van der Waals surface area contributed by atoms with Crippen LogP contribution in [-0.2, 0) is 11.3 Å². The highest BCUT2D eigenvalue weighted by molar-refractivity contribution is 5.52. The molecule has 106 valence electrons. The predicted octanol–water partition coefficient (Wildman–Crippen LogP) is 2.19. The van der Waals surface area contributed by atoms with Gasteiger partial charge in [-0.05, 0) is 32.9 Å². The van der Waals surface area contributed by atoms with Crippen LogP contribution in [0.3, 0.4) is 0 Å². The SMILES string of the molecule is CCCNCc1cnccc1N1CC(C)OC(C)C1. The number of aromatic nitrogens is 1. The molecule has 19 heavy (non-hydrogen) atoms. The van der Waals surface area contributed by atoms with Gasteiger partial charge in [0.15, 0.2) is 0 Å². The Hall–Kier alpha value is -1.13. The average molecular weight is 263 g/mol. The fraction of sp³-hybridized carbons (Fsp3) is 0.667. The van der Waals surface area contributed by atoms with Gasteiger partial charge in [-0.3, -0.25) is 4.98 Å². The maximum absolute atomic E-state index is 5.80. The Bertz CT molecular complexity index is 387. The van der Waals surface area contributed by atoms with Crippen molar-refractivity contribution < 1.29 is 4.74 Å². The molecule has 0 bridgehead atoms. The van der Waals surface area contributed by atoms with E-state index < -0.39 is 0 Å². The summed E-state index contributed by atoms with van der Waals surface area (Å²) in [5.41, 5.74) is 2.57. The van der Waals surface area contributed by atoms with Crippen LogP contribution >= 0.6 is 0 Å². The Kier molecular flexibility index (Phi) is 5.16. The number of anilines is 1. The van der Waals surface area contributed by atoms with Gasteiger partial charge in [0.05, 0.1) is 12.2 Å². The van der Waals surface area contributed by atoms with Crippen LogP contribution in [0.2, 0.25) is 0 Å². The van der Waals surface area contributed by atoms with Crippen molar-refractivity contribution in [2.24, 2.45) is 0 Å². The highest BCUT2D eigenvalue weighted by Crippen LogP contribution is 2.23. The number of nitrogens with zero attached hydrogens (tertiary/aromatic N) is 2. The molecule has 1 aromatic rings. The van der Waals surface area contributed by atoms with Gasteiger partial charge in [-0.25, -0.2) is 0 Å². The van der Waals surface area contributed by atoms with Crippen molar-refractivity contribution in [1.29, 1.82) is 0 Å². The van der Waals surface area contributed by atoms with Crippen LogP contribution in [0.4, 0.5) is 5.69 Å². The third-order valence-electron chi connectivity index (χ3n) is 3.38. The first kappa shape index (κ1) is 14.3. The van der Waals surface area contributed by atoms with E-state index in [1.165, 1.54) is 11.3 Å². The molecule has 1 fully saturated rings. The van der Waals surface area contributed by atoms with Crippen LogP contribution < -0.4 is 10.2 Å². The minimum atomic E-state index is 0.286. The van der Waals surface area contributed by atoms with Crippen molar-refractivity contribution in [3.8, 4) is 0 Å². The van der Waals surface area contributed by atoms with E-state index in [1.807, 2.05) is 12.4 Å². The first-order valence-corrected chi connectivity index (χ1v) is 7.24. The monoisotopic (exact) mass is 263 g/mol. The maximum atomic E-state index is 5.80. The summed E-state index contributed by atoms with van der Waals surface area (Å²) in [5.74, 6) is 0. The molecule has 0 aliphatic carbocycles. The minimum absolute atomic E-state index is 0.286. The molecule has 0 amide bonds. The van der Waals surface area contributed by atoms with E-state index in [1.54, 1.807) is 0 Å². The van der Waals surface area contributed by atoms with Crippen LogP contribution in [0, 0.1) is 0 Å². The zero-order valence-electron chi connectivity index (χ0n) is 12.2. The number of hydrogen-bond donors (Lipinski definition) is 1. The number of ether oxygens (including phenoxy) is 1. The molecule has 4 nitrogen and oxygen atoms in total. The lowest BCUT2D eigenvalue weighted by Crippen LogP contribution is -2.46. The molecule has 0 radical (unpaired) electrons. The summed E-state index contributed by atoms with van der Waals surface area (Å²) in [4.78, 5) is 6.68. The second-order valence-electron chi connectivity index (χ2n) is 5.34. The van der Waals surface area contributed by atoms with E-state index in [2.05, 4.69) is 42.0 Å². The van der Waals surface area contributed by atoms with Crippen LogP contribution in [0.5, 0.6) is 0 Å². The van der Waals surface area contributed by atoms with Crippen molar-refractivity contribution in [2.45, 2.75) is 45.9 Å². The summed E-state index contributed by atoms with van der Waals surface area (Å²) in [6.45, 7) is 10.3. The molecule has 0 aromatic carbocycles. The summed E-state index contributed by atoms with van der Waals surface area (Å²) in [6, 6.07) is 2.12. The molecule has 0 saturated carbocycles. The van der Waals surface area contributed by atoms with E-state index in [0.29, 0.717) is 0 Å². The Morgan fingerprint density at radius 2 is 2.11 bits per heavy atom. The Labute approximate surface area is 116 Å². The van der Waals surface area contributed by atoms with Gasteiger partial charge in [-0.1, -0.05) is 6.92 Å². The van der Waals surface area contributed by atoms with Crippen LogP contribution in [0.1, 0.15) is 32.8 Å². The summed E-state index contributed by atoms with van der Waals surface area (Å²) < 4.78 is 5.80. The van der Waals surface area contributed by atoms with Crippen LogP contribution in [-0.4, -0.2) is 36.8 Å². The van der Waals surface area contributed by atoms with Gasteiger partial charge >= 0.3 is 0 Å². The quantitative estimate of drug-likeness (QED) is 0.826. The summed E-state index contributed by atoms with van der Waals surface area (Å²) in [7, 11) is 0. The number of morpholine rings is 1. The van der Waals surface area contributed by atoms with Gasteiger partial charge in [-0.15, -0.1) is 0 Å². The van der Waals surface area contributed by atoms with Gasteiger partial charge in [0.2, 0.25) is 0 Å². The summed E-state index contributed by atoms with van der Waals surface area (Å²) in [5, 5.41) is 3.46. The molecule has 2 atom stereocenters. The Morgan fingerprint density at radius 1 is 1.37 bits per heavy atom. The van der Waals surface area contributed by atoms with Crippen molar-refractivity contribution in [3.05, 3.63) is 24.0 Å². The normalized spacial score (nSPS) is 23.6. The molecule has 0 spiro atoms. The van der Waals surface area contributed by atoms with E-state index in [4.69, 9.17) is 4.74 Å². The molecule has 2 unspecified atom stereocenters. The number of rotatable bonds is 5. The first-order chi connectivity index (χ1) is 9.20. The van der Waals surface area contributed by atoms with Gasteiger partial charge in [0.1, 0.15) is 0 Å². The zero-order valence-corrected chi connectivity index (χ0v) is 12.2. The van der Waals surface area contributed by atoms with Crippen molar-refractivity contribution in [3.63, 3.8) is 0 Å². The van der Waals surface area contributed by atoms with Gasteiger partial charge in [-0.2, -0.15) is 0 Å². The fourth-order valence-electron chi connectivity index (χ4n) is 2.64. The van der Waals surface area contributed by atoms with Crippen LogP contribution in [0.15, 0.2) is 18.5 Å². The van der Waals surface area contributed by atoms with Gasteiger partial charge < -0.3 is 15.0 Å². The molecule has 2 rings (SSSR count). The fourth-order valence-corrected chi connectivity index (χ4v) is 2.64. The zero-order chi connectivity index (χ0) is 13.7. The van der Waals surface area contributed by atoms with E-state index in [-0.39, 0.29) is 12.2 Å². The van der Waals surface area contributed by atoms with Crippen LogP contribution in [0.25, 0.3) is 0 Å². The molecular formula is C15H25N3O. The molecule has 1 aromatic heterocycles. The molecular weight excluding hydrogens is 238 g/mol. The summed E-state index contributed by atoms with van der Waals surface area (Å²) in [6.07, 6.45) is 5.58. The Morgan fingerprint density at radius 3 is 2.79 bits per heavy atom. The second-order valence-corrected chi connectivity index (χ2v) is 5.34. The lowest BCUT2D eigenvalue weighted by Gasteiger charge is -2.37. The third-order valence-corrected chi connectivity index (χ3v) is 3.38.